The Hall–Kier alpha value is -2.56. The van der Waals surface area contributed by atoms with Crippen LogP contribution in [0.15, 0.2) is 78.9 Å². The standard InChI is InChI=1S/C27H32ClNO6SSi/c1-27(2,3)37(24-11-7-5-8-12-24,25-13-9-6-10-14-25)35-20-21(19-34-36(4,32)33)17-22-18-23(28)15-16-26(22)29(30)31/h5-16,18,21H,17,19-20H2,1-4H3. The van der Waals surface area contributed by atoms with Gasteiger partial charge in [0.25, 0.3) is 24.1 Å². The highest BCUT2D eigenvalue weighted by Crippen LogP contribution is 2.37. The highest BCUT2D eigenvalue weighted by molar-refractivity contribution is 7.85. The molecule has 0 aliphatic heterocycles. The molecule has 37 heavy (non-hydrogen) atoms. The third-order valence-corrected chi connectivity index (χ3v) is 12.0. The monoisotopic (exact) mass is 561 g/mol. The number of hydrogen-bond acceptors (Lipinski definition) is 6. The molecule has 198 valence electrons. The van der Waals surface area contributed by atoms with Crippen LogP contribution in [0.3, 0.4) is 0 Å². The van der Waals surface area contributed by atoms with Crippen molar-refractivity contribution in [3.63, 3.8) is 0 Å². The largest absolute Gasteiger partial charge is 0.407 e. The number of nitro groups is 1. The Morgan fingerprint density at radius 2 is 1.49 bits per heavy atom. The topological polar surface area (TPSA) is 95.7 Å². The summed E-state index contributed by atoms with van der Waals surface area (Å²) in [6.07, 6.45) is 1.14. The minimum Gasteiger partial charge on any atom is -0.407 e. The van der Waals surface area contributed by atoms with Gasteiger partial charge in [-0.25, -0.2) is 0 Å². The number of nitrogens with zero attached hydrogens (tertiary/aromatic N) is 1. The van der Waals surface area contributed by atoms with Crippen LogP contribution in [0.25, 0.3) is 0 Å². The molecule has 3 aromatic rings. The second-order valence-corrected chi connectivity index (χ2v) is 16.4. The third-order valence-electron chi connectivity index (χ3n) is 6.22. The number of halogens is 1. The van der Waals surface area contributed by atoms with Crippen molar-refractivity contribution in [1.29, 1.82) is 0 Å². The highest BCUT2D eigenvalue weighted by Gasteiger charge is 2.50. The number of rotatable bonds is 11. The van der Waals surface area contributed by atoms with Crippen molar-refractivity contribution in [3.05, 3.63) is 99.6 Å². The van der Waals surface area contributed by atoms with Crippen molar-refractivity contribution < 1.29 is 22.0 Å². The van der Waals surface area contributed by atoms with Crippen LogP contribution in [-0.4, -0.2) is 41.1 Å². The van der Waals surface area contributed by atoms with Crippen molar-refractivity contribution in [2.45, 2.75) is 32.2 Å². The summed E-state index contributed by atoms with van der Waals surface area (Å²) >= 11 is 6.15. The first-order valence-electron chi connectivity index (χ1n) is 11.9. The molecule has 0 saturated heterocycles. The molecule has 0 fully saturated rings. The Bertz CT molecular complexity index is 1270. The SMILES string of the molecule is CC(C)(C)[Si](OCC(COS(C)(=O)=O)Cc1cc(Cl)ccc1[N+](=O)[O-])(c1ccccc1)c1ccccc1. The van der Waals surface area contributed by atoms with Crippen molar-refractivity contribution in [1.82, 2.24) is 0 Å². The normalized spacial score (nSPS) is 13.3. The first-order valence-corrected chi connectivity index (χ1v) is 16.0. The smallest absolute Gasteiger partial charge is 0.272 e. The highest BCUT2D eigenvalue weighted by atomic mass is 35.5. The number of hydrogen-bond donors (Lipinski definition) is 0. The average Bonchev–Trinajstić information content (AvgIpc) is 2.82. The fourth-order valence-corrected chi connectivity index (χ4v) is 9.87. The lowest BCUT2D eigenvalue weighted by Crippen LogP contribution is -2.67. The molecular weight excluding hydrogens is 530 g/mol. The molecule has 10 heteroatoms. The molecule has 0 heterocycles. The maximum absolute atomic E-state index is 11.8. The molecule has 0 aliphatic carbocycles. The molecule has 0 amide bonds. The van der Waals surface area contributed by atoms with Crippen molar-refractivity contribution >= 4 is 46.1 Å². The second-order valence-electron chi connectivity index (χ2n) is 10.1. The zero-order valence-electron chi connectivity index (χ0n) is 21.4. The van der Waals surface area contributed by atoms with Gasteiger partial charge in [-0.05, 0) is 34.0 Å². The van der Waals surface area contributed by atoms with E-state index in [0.29, 0.717) is 10.6 Å². The summed E-state index contributed by atoms with van der Waals surface area (Å²) in [6, 6.07) is 24.4. The van der Waals surface area contributed by atoms with E-state index in [1.54, 1.807) is 0 Å². The first kappa shape index (κ1) is 29.0. The van der Waals surface area contributed by atoms with Crippen molar-refractivity contribution in [2.75, 3.05) is 19.5 Å². The van der Waals surface area contributed by atoms with E-state index in [-0.39, 0.29) is 30.4 Å². The third kappa shape index (κ3) is 7.27. The predicted octanol–water partition coefficient (Wildman–Crippen LogP) is 4.96. The van der Waals surface area contributed by atoms with E-state index in [4.69, 9.17) is 20.2 Å². The predicted molar refractivity (Wildman–Crippen MR) is 150 cm³/mol. The molecule has 7 nitrogen and oxygen atoms in total. The van der Waals surface area contributed by atoms with Crippen molar-refractivity contribution in [2.24, 2.45) is 5.92 Å². The van der Waals surface area contributed by atoms with Gasteiger partial charge in [0, 0.05) is 29.2 Å². The molecule has 0 spiro atoms. The van der Waals surface area contributed by atoms with E-state index in [1.807, 2.05) is 36.4 Å². The summed E-state index contributed by atoms with van der Waals surface area (Å²) in [5, 5.41) is 13.9. The van der Waals surface area contributed by atoms with Crippen LogP contribution in [0.1, 0.15) is 26.3 Å². The zero-order chi connectivity index (χ0) is 27.3. The van der Waals surface area contributed by atoms with Crippen LogP contribution in [0.5, 0.6) is 0 Å². The van der Waals surface area contributed by atoms with E-state index in [9.17, 15) is 18.5 Å². The Kier molecular flexibility index (Phi) is 9.30. The zero-order valence-corrected chi connectivity index (χ0v) is 24.0. The van der Waals surface area contributed by atoms with Gasteiger partial charge >= 0.3 is 0 Å². The average molecular weight is 562 g/mol. The molecular formula is C27H32ClNO6SSi. The van der Waals surface area contributed by atoms with E-state index >= 15 is 0 Å². The lowest BCUT2D eigenvalue weighted by Gasteiger charge is -2.43. The summed E-state index contributed by atoms with van der Waals surface area (Å²) in [7, 11) is -6.65. The summed E-state index contributed by atoms with van der Waals surface area (Å²) in [5.41, 5.74) is 0.310. The Morgan fingerprint density at radius 3 is 1.95 bits per heavy atom. The van der Waals surface area contributed by atoms with E-state index in [0.717, 1.165) is 16.6 Å². The van der Waals surface area contributed by atoms with E-state index < -0.39 is 29.3 Å². The van der Waals surface area contributed by atoms with Crippen LogP contribution in [0.4, 0.5) is 5.69 Å². The summed E-state index contributed by atoms with van der Waals surface area (Å²) in [6.45, 7) is 6.38. The maximum Gasteiger partial charge on any atom is 0.272 e. The van der Waals surface area contributed by atoms with Gasteiger partial charge in [0.05, 0.1) is 17.8 Å². The van der Waals surface area contributed by atoms with Crippen LogP contribution >= 0.6 is 11.6 Å². The minimum absolute atomic E-state index is 0.0841. The van der Waals surface area contributed by atoms with Gasteiger partial charge in [0.2, 0.25) is 0 Å². The van der Waals surface area contributed by atoms with Crippen LogP contribution in [-0.2, 0) is 25.1 Å². The lowest BCUT2D eigenvalue weighted by atomic mass is 9.99. The fourth-order valence-electron chi connectivity index (χ4n) is 4.60. The first-order chi connectivity index (χ1) is 17.3. The Morgan fingerprint density at radius 1 is 0.946 bits per heavy atom. The molecule has 3 rings (SSSR count). The summed E-state index contributed by atoms with van der Waals surface area (Å²) < 4.78 is 35.8. The van der Waals surface area contributed by atoms with Gasteiger partial charge in [0.15, 0.2) is 0 Å². The summed E-state index contributed by atoms with van der Waals surface area (Å²) in [4.78, 5) is 11.2. The molecule has 0 N–H and O–H groups in total. The molecule has 0 bridgehead atoms. The summed E-state index contributed by atoms with van der Waals surface area (Å²) in [5.74, 6) is -0.492. The van der Waals surface area contributed by atoms with Crippen LogP contribution in [0, 0.1) is 16.0 Å². The van der Waals surface area contributed by atoms with Gasteiger partial charge in [-0.1, -0.05) is 93.0 Å². The van der Waals surface area contributed by atoms with Crippen LogP contribution in [0.2, 0.25) is 10.1 Å². The second kappa shape index (κ2) is 11.9. The molecule has 1 unspecified atom stereocenters. The van der Waals surface area contributed by atoms with Crippen LogP contribution < -0.4 is 10.4 Å². The molecule has 0 saturated carbocycles. The van der Waals surface area contributed by atoms with Gasteiger partial charge in [-0.2, -0.15) is 8.42 Å². The molecule has 0 aliphatic rings. The van der Waals surface area contributed by atoms with E-state index in [1.165, 1.54) is 18.2 Å². The molecule has 1 atom stereocenters. The maximum atomic E-state index is 11.8. The number of nitro benzene ring substituents is 1. The van der Waals surface area contributed by atoms with Gasteiger partial charge in [-0.3, -0.25) is 14.3 Å². The van der Waals surface area contributed by atoms with Crippen molar-refractivity contribution in [3.8, 4) is 0 Å². The Labute approximate surface area is 224 Å². The van der Waals surface area contributed by atoms with Gasteiger partial charge in [-0.15, -0.1) is 0 Å². The molecule has 0 radical (unpaired) electrons. The fraction of sp³-hybridized carbons (Fsp3) is 0.333. The molecule has 0 aromatic heterocycles. The van der Waals surface area contributed by atoms with E-state index in [2.05, 4.69) is 45.0 Å². The number of benzene rings is 3. The minimum atomic E-state index is -3.74. The Balaban J connectivity index is 2.06. The lowest BCUT2D eigenvalue weighted by molar-refractivity contribution is -0.385. The van der Waals surface area contributed by atoms with Gasteiger partial charge < -0.3 is 4.43 Å². The molecule has 3 aromatic carbocycles. The van der Waals surface area contributed by atoms with Gasteiger partial charge in [0.1, 0.15) is 0 Å². The quantitative estimate of drug-likeness (QED) is 0.142.